The molecule has 0 unspecified atom stereocenters. The molecule has 0 amide bonds. The maximum Gasteiger partial charge on any atom is 0.220 e. The number of furan rings is 1. The maximum absolute atomic E-state index is 5.43. The molecule has 4 nitrogen and oxygen atoms in total. The van der Waals surface area contributed by atoms with Crippen LogP contribution in [0.1, 0.15) is 0 Å². The van der Waals surface area contributed by atoms with Crippen molar-refractivity contribution in [3.63, 3.8) is 0 Å². The molecular weight excluding hydrogens is 234 g/mol. The molecule has 2 aromatic heterocycles. The highest BCUT2D eigenvalue weighted by Crippen LogP contribution is 2.23. The summed E-state index contributed by atoms with van der Waals surface area (Å²) in [4.78, 5) is 7.79. The highest BCUT2D eigenvalue weighted by molar-refractivity contribution is 9.10. The Hall–Kier alpha value is -1.36. The Morgan fingerprint density at radius 1 is 1.31 bits per heavy atom. The number of hydrogen-bond acceptors (Lipinski definition) is 4. The minimum atomic E-state index is 0.241. The van der Waals surface area contributed by atoms with Crippen LogP contribution in [0.4, 0.5) is 5.95 Å². The third kappa shape index (κ3) is 1.70. The normalized spacial score (nSPS) is 10.2. The predicted molar refractivity (Wildman–Crippen MR) is 51.8 cm³/mol. The first kappa shape index (κ1) is 8.25. The van der Waals surface area contributed by atoms with Crippen molar-refractivity contribution in [2.45, 2.75) is 0 Å². The topological polar surface area (TPSA) is 64.9 Å². The first-order chi connectivity index (χ1) is 6.25. The molecule has 66 valence electrons. The zero-order valence-electron chi connectivity index (χ0n) is 6.57. The second kappa shape index (κ2) is 3.18. The number of hydrogen-bond donors (Lipinski definition) is 1. The lowest BCUT2D eigenvalue weighted by Crippen LogP contribution is -1.94. The number of rotatable bonds is 1. The van der Waals surface area contributed by atoms with Gasteiger partial charge in [0.05, 0.1) is 0 Å². The van der Waals surface area contributed by atoms with E-state index in [1.807, 2.05) is 6.07 Å². The summed E-state index contributed by atoms with van der Waals surface area (Å²) in [5.41, 5.74) is 6.11. The number of nitrogens with two attached hydrogens (primary N) is 1. The SMILES string of the molecule is Nc1nccc(-c2ccc(Br)o2)n1. The standard InChI is InChI=1S/C8H6BrN3O/c9-7-2-1-6(13-7)5-3-4-11-8(10)12-5/h1-4H,(H2,10,11,12). The van der Waals surface area contributed by atoms with Gasteiger partial charge in [0.15, 0.2) is 10.4 Å². The highest BCUT2D eigenvalue weighted by Gasteiger charge is 2.04. The number of anilines is 1. The second-order valence-corrected chi connectivity index (χ2v) is 3.19. The van der Waals surface area contributed by atoms with Gasteiger partial charge in [-0.15, -0.1) is 0 Å². The monoisotopic (exact) mass is 239 g/mol. The molecule has 0 saturated heterocycles. The van der Waals surface area contributed by atoms with E-state index in [-0.39, 0.29) is 5.95 Å². The molecule has 2 aromatic rings. The Balaban J connectivity index is 2.46. The van der Waals surface area contributed by atoms with Crippen LogP contribution < -0.4 is 5.73 Å². The van der Waals surface area contributed by atoms with E-state index in [1.54, 1.807) is 18.3 Å². The van der Waals surface area contributed by atoms with E-state index in [9.17, 15) is 0 Å². The summed E-state index contributed by atoms with van der Waals surface area (Å²) in [7, 11) is 0. The third-order valence-corrected chi connectivity index (χ3v) is 1.93. The van der Waals surface area contributed by atoms with E-state index >= 15 is 0 Å². The summed E-state index contributed by atoms with van der Waals surface area (Å²) in [6.45, 7) is 0. The van der Waals surface area contributed by atoms with Crippen LogP contribution in [0.15, 0.2) is 33.5 Å². The molecule has 13 heavy (non-hydrogen) atoms. The Morgan fingerprint density at radius 3 is 2.77 bits per heavy atom. The molecular formula is C8H6BrN3O. The van der Waals surface area contributed by atoms with Crippen molar-refractivity contribution in [3.05, 3.63) is 29.1 Å². The quantitative estimate of drug-likeness (QED) is 0.828. The van der Waals surface area contributed by atoms with Gasteiger partial charge in [-0.2, -0.15) is 0 Å². The van der Waals surface area contributed by atoms with E-state index in [1.165, 1.54) is 0 Å². The Labute approximate surface area is 82.9 Å². The average molecular weight is 240 g/mol. The molecule has 0 saturated carbocycles. The molecule has 0 aliphatic carbocycles. The summed E-state index contributed by atoms with van der Waals surface area (Å²) in [5.74, 6) is 0.908. The third-order valence-electron chi connectivity index (χ3n) is 1.50. The van der Waals surface area contributed by atoms with E-state index in [4.69, 9.17) is 10.2 Å². The Bertz CT molecular complexity index is 427. The zero-order chi connectivity index (χ0) is 9.26. The van der Waals surface area contributed by atoms with Crippen LogP contribution in [-0.4, -0.2) is 9.97 Å². The van der Waals surface area contributed by atoms with Crippen molar-refractivity contribution >= 4 is 21.9 Å². The van der Waals surface area contributed by atoms with Gasteiger partial charge in [0.1, 0.15) is 5.69 Å². The zero-order valence-corrected chi connectivity index (χ0v) is 8.15. The first-order valence-corrected chi connectivity index (χ1v) is 4.39. The number of halogens is 1. The summed E-state index contributed by atoms with van der Waals surface area (Å²) in [5, 5.41) is 0. The molecule has 0 spiro atoms. The molecule has 5 heteroatoms. The summed E-state index contributed by atoms with van der Waals surface area (Å²) in [6.07, 6.45) is 1.59. The molecule has 0 atom stereocenters. The fourth-order valence-corrected chi connectivity index (χ4v) is 1.27. The lowest BCUT2D eigenvalue weighted by molar-refractivity contribution is 0.553. The number of aromatic nitrogens is 2. The minimum Gasteiger partial charge on any atom is -0.448 e. The van der Waals surface area contributed by atoms with Crippen LogP contribution in [-0.2, 0) is 0 Å². The van der Waals surface area contributed by atoms with Crippen molar-refractivity contribution in [2.75, 3.05) is 5.73 Å². The average Bonchev–Trinajstić information content (AvgIpc) is 2.52. The predicted octanol–water partition coefficient (Wildman–Crippen LogP) is 2.08. The van der Waals surface area contributed by atoms with Crippen LogP contribution in [0.25, 0.3) is 11.5 Å². The van der Waals surface area contributed by atoms with E-state index in [2.05, 4.69) is 25.9 Å². The number of nitrogens with zero attached hydrogens (tertiary/aromatic N) is 2. The Morgan fingerprint density at radius 2 is 2.15 bits per heavy atom. The largest absolute Gasteiger partial charge is 0.448 e. The minimum absolute atomic E-state index is 0.241. The molecule has 2 rings (SSSR count). The summed E-state index contributed by atoms with van der Waals surface area (Å²) >= 11 is 3.21. The van der Waals surface area contributed by atoms with Crippen molar-refractivity contribution in [1.29, 1.82) is 0 Å². The van der Waals surface area contributed by atoms with Gasteiger partial charge in [0.25, 0.3) is 0 Å². The van der Waals surface area contributed by atoms with Crippen LogP contribution in [0.3, 0.4) is 0 Å². The lowest BCUT2D eigenvalue weighted by atomic mass is 10.3. The fourth-order valence-electron chi connectivity index (χ4n) is 0.963. The number of nitrogen functional groups attached to an aromatic ring is 1. The van der Waals surface area contributed by atoms with Crippen molar-refractivity contribution in [2.24, 2.45) is 0 Å². The van der Waals surface area contributed by atoms with Gasteiger partial charge < -0.3 is 10.2 Å². The molecule has 2 N–H and O–H groups in total. The highest BCUT2D eigenvalue weighted by atomic mass is 79.9. The van der Waals surface area contributed by atoms with Gasteiger partial charge in [-0.05, 0) is 34.1 Å². The van der Waals surface area contributed by atoms with Gasteiger partial charge in [-0.3, -0.25) is 0 Å². The molecule has 0 aliphatic heterocycles. The second-order valence-electron chi connectivity index (χ2n) is 2.40. The molecule has 0 aliphatic rings. The van der Waals surface area contributed by atoms with Crippen molar-refractivity contribution in [1.82, 2.24) is 9.97 Å². The first-order valence-electron chi connectivity index (χ1n) is 3.60. The van der Waals surface area contributed by atoms with Crippen molar-refractivity contribution in [3.8, 4) is 11.5 Å². The van der Waals surface area contributed by atoms with Crippen LogP contribution in [0, 0.1) is 0 Å². The molecule has 0 fully saturated rings. The van der Waals surface area contributed by atoms with Crippen LogP contribution >= 0.6 is 15.9 Å². The van der Waals surface area contributed by atoms with Gasteiger partial charge in [-0.1, -0.05) is 0 Å². The maximum atomic E-state index is 5.43. The smallest absolute Gasteiger partial charge is 0.220 e. The molecule has 0 bridgehead atoms. The van der Waals surface area contributed by atoms with Gasteiger partial charge in [0, 0.05) is 6.20 Å². The van der Waals surface area contributed by atoms with Crippen LogP contribution in [0.5, 0.6) is 0 Å². The van der Waals surface area contributed by atoms with E-state index in [0.29, 0.717) is 16.1 Å². The van der Waals surface area contributed by atoms with E-state index < -0.39 is 0 Å². The fraction of sp³-hybridized carbons (Fsp3) is 0. The molecule has 0 aromatic carbocycles. The van der Waals surface area contributed by atoms with Crippen LogP contribution in [0.2, 0.25) is 0 Å². The van der Waals surface area contributed by atoms with Gasteiger partial charge in [-0.25, -0.2) is 9.97 Å². The van der Waals surface area contributed by atoms with Gasteiger partial charge >= 0.3 is 0 Å². The molecule has 2 heterocycles. The van der Waals surface area contributed by atoms with E-state index in [0.717, 1.165) is 0 Å². The van der Waals surface area contributed by atoms with Gasteiger partial charge in [0.2, 0.25) is 5.95 Å². The molecule has 0 radical (unpaired) electrons. The summed E-state index contributed by atoms with van der Waals surface area (Å²) in [6, 6.07) is 5.35. The summed E-state index contributed by atoms with van der Waals surface area (Å²) < 4.78 is 5.96. The Kier molecular flexibility index (Phi) is 2.02. The lowest BCUT2D eigenvalue weighted by Gasteiger charge is -1.95. The van der Waals surface area contributed by atoms with Crippen molar-refractivity contribution < 1.29 is 4.42 Å².